The van der Waals surface area contributed by atoms with Gasteiger partial charge in [-0.25, -0.2) is 0 Å². The van der Waals surface area contributed by atoms with Crippen LogP contribution in [-0.4, -0.2) is 24.7 Å². The van der Waals surface area contributed by atoms with Crippen LogP contribution in [0.1, 0.15) is 31.7 Å². The number of hydrogen-bond donors (Lipinski definition) is 2. The lowest BCUT2D eigenvalue weighted by Gasteiger charge is -2.37. The van der Waals surface area contributed by atoms with Crippen LogP contribution in [0.5, 0.6) is 0 Å². The molecule has 17 heavy (non-hydrogen) atoms. The van der Waals surface area contributed by atoms with Crippen molar-refractivity contribution in [2.75, 3.05) is 13.1 Å². The first-order valence-corrected chi connectivity index (χ1v) is 6.13. The fourth-order valence-corrected chi connectivity index (χ4v) is 2.54. The van der Waals surface area contributed by atoms with Crippen LogP contribution in [0.2, 0.25) is 0 Å². The SMILES string of the molecule is CCC1(c2ccccc2)CCNCC1.O=CO. The van der Waals surface area contributed by atoms with Crippen molar-refractivity contribution in [3.63, 3.8) is 0 Å². The molecule has 1 heterocycles. The normalized spacial score (nSPS) is 17.7. The van der Waals surface area contributed by atoms with E-state index in [9.17, 15) is 0 Å². The van der Waals surface area contributed by atoms with E-state index in [0.717, 1.165) is 0 Å². The lowest BCUT2D eigenvalue weighted by atomic mass is 9.71. The van der Waals surface area contributed by atoms with Crippen molar-refractivity contribution >= 4 is 6.47 Å². The maximum absolute atomic E-state index is 8.36. The summed E-state index contributed by atoms with van der Waals surface area (Å²) in [5.74, 6) is 0. The average molecular weight is 235 g/mol. The summed E-state index contributed by atoms with van der Waals surface area (Å²) in [5.41, 5.74) is 1.98. The topological polar surface area (TPSA) is 49.3 Å². The van der Waals surface area contributed by atoms with Gasteiger partial charge in [0.1, 0.15) is 0 Å². The standard InChI is InChI=1S/C13H19N.CH2O2/c1-2-13(8-10-14-11-9-13)12-6-4-3-5-7-12;2-1-3/h3-7,14H,2,8-11H2,1H3;1H,(H,2,3). The average Bonchev–Trinajstić information content (AvgIpc) is 2.41. The molecule has 3 nitrogen and oxygen atoms in total. The third kappa shape index (κ3) is 3.56. The molecule has 2 rings (SSSR count). The summed E-state index contributed by atoms with van der Waals surface area (Å²) < 4.78 is 0. The van der Waals surface area contributed by atoms with Gasteiger partial charge in [0.05, 0.1) is 0 Å². The predicted octanol–water partition coefficient (Wildman–Crippen LogP) is 2.42. The minimum Gasteiger partial charge on any atom is -0.483 e. The van der Waals surface area contributed by atoms with E-state index in [-0.39, 0.29) is 6.47 Å². The van der Waals surface area contributed by atoms with Crippen LogP contribution in [0, 0.1) is 0 Å². The molecule has 3 heteroatoms. The quantitative estimate of drug-likeness (QED) is 0.774. The van der Waals surface area contributed by atoms with Gasteiger partial charge in [0, 0.05) is 0 Å². The monoisotopic (exact) mass is 235 g/mol. The first-order chi connectivity index (χ1) is 8.29. The number of piperidine rings is 1. The Morgan fingerprint density at radius 2 is 1.82 bits per heavy atom. The van der Waals surface area contributed by atoms with E-state index in [0.29, 0.717) is 5.41 Å². The molecule has 0 radical (unpaired) electrons. The summed E-state index contributed by atoms with van der Waals surface area (Å²) in [6.45, 7) is 4.41. The molecule has 94 valence electrons. The highest BCUT2D eigenvalue weighted by Gasteiger charge is 2.31. The molecule has 1 fully saturated rings. The number of carboxylic acid groups (broad SMARTS) is 1. The van der Waals surface area contributed by atoms with Crippen LogP contribution in [-0.2, 0) is 10.2 Å². The molecule has 1 aromatic rings. The van der Waals surface area contributed by atoms with Crippen molar-refractivity contribution in [1.82, 2.24) is 5.32 Å². The van der Waals surface area contributed by atoms with E-state index < -0.39 is 0 Å². The fraction of sp³-hybridized carbons (Fsp3) is 0.500. The summed E-state index contributed by atoms with van der Waals surface area (Å²) in [4.78, 5) is 8.36. The number of hydrogen-bond acceptors (Lipinski definition) is 2. The number of carbonyl (C=O) groups is 1. The molecular formula is C14H21NO2. The van der Waals surface area contributed by atoms with Gasteiger partial charge in [0.15, 0.2) is 0 Å². The molecule has 1 aliphatic rings. The Kier molecular flexibility index (Phi) is 5.70. The molecule has 0 spiro atoms. The van der Waals surface area contributed by atoms with Crippen LogP contribution in [0.25, 0.3) is 0 Å². The Labute approximate surface area is 103 Å². The Hall–Kier alpha value is -1.35. The summed E-state index contributed by atoms with van der Waals surface area (Å²) in [6, 6.07) is 11.0. The minimum atomic E-state index is -0.250. The zero-order chi connectivity index (χ0) is 12.6. The van der Waals surface area contributed by atoms with Crippen molar-refractivity contribution in [2.45, 2.75) is 31.6 Å². The van der Waals surface area contributed by atoms with Gasteiger partial charge in [-0.3, -0.25) is 4.79 Å². The number of rotatable bonds is 2. The van der Waals surface area contributed by atoms with E-state index in [1.807, 2.05) is 0 Å². The lowest BCUT2D eigenvalue weighted by molar-refractivity contribution is -0.122. The smallest absolute Gasteiger partial charge is 0.290 e. The van der Waals surface area contributed by atoms with Crippen molar-refractivity contribution in [1.29, 1.82) is 0 Å². The van der Waals surface area contributed by atoms with Crippen LogP contribution in [0.3, 0.4) is 0 Å². The van der Waals surface area contributed by atoms with Gasteiger partial charge in [0.2, 0.25) is 0 Å². The highest BCUT2D eigenvalue weighted by Crippen LogP contribution is 2.36. The van der Waals surface area contributed by atoms with Crippen LogP contribution < -0.4 is 5.32 Å². The van der Waals surface area contributed by atoms with Gasteiger partial charge < -0.3 is 10.4 Å². The Morgan fingerprint density at radius 1 is 1.29 bits per heavy atom. The fourth-order valence-electron chi connectivity index (χ4n) is 2.54. The second-order valence-corrected chi connectivity index (χ2v) is 4.36. The Balaban J connectivity index is 0.000000437. The molecule has 0 unspecified atom stereocenters. The van der Waals surface area contributed by atoms with Crippen molar-refractivity contribution < 1.29 is 9.90 Å². The van der Waals surface area contributed by atoms with Crippen molar-refractivity contribution in [3.8, 4) is 0 Å². The van der Waals surface area contributed by atoms with Gasteiger partial charge >= 0.3 is 0 Å². The van der Waals surface area contributed by atoms with Crippen molar-refractivity contribution in [3.05, 3.63) is 35.9 Å². The number of nitrogens with one attached hydrogen (secondary N) is 1. The highest BCUT2D eigenvalue weighted by molar-refractivity contribution is 5.32. The summed E-state index contributed by atoms with van der Waals surface area (Å²) in [7, 11) is 0. The maximum Gasteiger partial charge on any atom is 0.290 e. The number of benzene rings is 1. The second kappa shape index (κ2) is 7.07. The van der Waals surface area contributed by atoms with E-state index in [2.05, 4.69) is 42.6 Å². The summed E-state index contributed by atoms with van der Waals surface area (Å²) >= 11 is 0. The third-order valence-corrected chi connectivity index (χ3v) is 3.62. The zero-order valence-electron chi connectivity index (χ0n) is 10.4. The first-order valence-electron chi connectivity index (χ1n) is 6.13. The molecule has 0 bridgehead atoms. The van der Waals surface area contributed by atoms with Gasteiger partial charge in [-0.2, -0.15) is 0 Å². The molecule has 0 aromatic heterocycles. The maximum atomic E-state index is 8.36. The predicted molar refractivity (Wildman–Crippen MR) is 69.2 cm³/mol. The molecule has 0 atom stereocenters. The van der Waals surface area contributed by atoms with Crippen LogP contribution in [0.15, 0.2) is 30.3 Å². The first kappa shape index (κ1) is 13.7. The van der Waals surface area contributed by atoms with E-state index in [4.69, 9.17) is 9.90 Å². The molecule has 2 N–H and O–H groups in total. The highest BCUT2D eigenvalue weighted by atomic mass is 16.3. The van der Waals surface area contributed by atoms with Gasteiger partial charge in [-0.15, -0.1) is 0 Å². The van der Waals surface area contributed by atoms with E-state index in [1.165, 1.54) is 37.9 Å². The van der Waals surface area contributed by atoms with E-state index in [1.54, 1.807) is 0 Å². The molecule has 0 saturated carbocycles. The van der Waals surface area contributed by atoms with Crippen LogP contribution >= 0.6 is 0 Å². The summed E-state index contributed by atoms with van der Waals surface area (Å²) in [6.07, 6.45) is 3.83. The summed E-state index contributed by atoms with van der Waals surface area (Å²) in [5, 5.41) is 10.3. The minimum absolute atomic E-state index is 0.250. The van der Waals surface area contributed by atoms with Gasteiger partial charge in [-0.1, -0.05) is 37.3 Å². The van der Waals surface area contributed by atoms with E-state index >= 15 is 0 Å². The molecule has 1 aromatic carbocycles. The Bertz CT molecular complexity index is 318. The van der Waals surface area contributed by atoms with Gasteiger partial charge in [0.25, 0.3) is 6.47 Å². The molecule has 0 aliphatic carbocycles. The second-order valence-electron chi connectivity index (χ2n) is 4.36. The van der Waals surface area contributed by atoms with Crippen LogP contribution in [0.4, 0.5) is 0 Å². The molecular weight excluding hydrogens is 214 g/mol. The molecule has 0 amide bonds. The zero-order valence-corrected chi connectivity index (χ0v) is 10.4. The van der Waals surface area contributed by atoms with Gasteiger partial charge in [-0.05, 0) is 43.3 Å². The lowest BCUT2D eigenvalue weighted by Crippen LogP contribution is -2.39. The largest absolute Gasteiger partial charge is 0.483 e. The van der Waals surface area contributed by atoms with Crippen molar-refractivity contribution in [2.24, 2.45) is 0 Å². The third-order valence-electron chi connectivity index (χ3n) is 3.62. The molecule has 1 aliphatic heterocycles. The molecule has 1 saturated heterocycles. The Morgan fingerprint density at radius 3 is 2.29 bits per heavy atom.